The summed E-state index contributed by atoms with van der Waals surface area (Å²) in [5.41, 5.74) is 3.05. The normalized spacial score (nSPS) is 11.9. The van der Waals surface area contributed by atoms with Gasteiger partial charge in [-0.25, -0.2) is 0 Å². The van der Waals surface area contributed by atoms with Crippen LogP contribution in [0.4, 0.5) is 0 Å². The first-order valence-corrected chi connectivity index (χ1v) is 9.58. The molecule has 2 aromatic rings. The molecule has 0 heterocycles. The highest BCUT2D eigenvalue weighted by Gasteiger charge is 2.17. The quantitative estimate of drug-likeness (QED) is 0.694. The Kier molecular flexibility index (Phi) is 7.66. The third-order valence-electron chi connectivity index (χ3n) is 4.43. The Morgan fingerprint density at radius 1 is 1.23 bits per heavy atom. The van der Waals surface area contributed by atoms with E-state index in [2.05, 4.69) is 15.9 Å². The van der Waals surface area contributed by atoms with Gasteiger partial charge in [0.25, 0.3) is 0 Å². The number of amides is 1. The van der Waals surface area contributed by atoms with Gasteiger partial charge in [0.1, 0.15) is 5.75 Å². The Labute approximate surface area is 163 Å². The molecule has 26 heavy (non-hydrogen) atoms. The molecule has 2 aromatic carbocycles. The minimum Gasteiger partial charge on any atom is -0.496 e. The van der Waals surface area contributed by atoms with Gasteiger partial charge in [-0.15, -0.1) is 0 Å². The highest BCUT2D eigenvalue weighted by Crippen LogP contribution is 2.26. The number of carbonyl (C=O) groups excluding carboxylic acids is 1. The van der Waals surface area contributed by atoms with Crippen molar-refractivity contribution in [3.63, 3.8) is 0 Å². The minimum atomic E-state index is -0.672. The van der Waals surface area contributed by atoms with E-state index in [0.717, 1.165) is 26.9 Å². The van der Waals surface area contributed by atoms with Crippen molar-refractivity contribution in [3.05, 3.63) is 63.6 Å². The fourth-order valence-electron chi connectivity index (χ4n) is 2.78. The lowest BCUT2D eigenvalue weighted by Gasteiger charge is -2.24. The molecule has 0 fully saturated rings. The van der Waals surface area contributed by atoms with E-state index in [-0.39, 0.29) is 5.91 Å². The lowest BCUT2D eigenvalue weighted by molar-refractivity contribution is -0.132. The first kappa shape index (κ1) is 20.5. The first-order valence-electron chi connectivity index (χ1n) is 8.79. The van der Waals surface area contributed by atoms with Crippen LogP contribution in [0.5, 0.6) is 5.75 Å². The molecule has 1 unspecified atom stereocenters. The highest BCUT2D eigenvalue weighted by atomic mass is 79.9. The summed E-state index contributed by atoms with van der Waals surface area (Å²) in [7, 11) is 1.63. The number of halogens is 1. The first-order chi connectivity index (χ1) is 12.4. The smallest absolute Gasteiger partial charge is 0.222 e. The molecule has 0 aromatic heterocycles. The number of nitrogens with zero attached hydrogens (tertiary/aromatic N) is 1. The number of methoxy groups -OCH3 is 1. The average molecular weight is 420 g/mol. The van der Waals surface area contributed by atoms with Crippen LogP contribution in [0.25, 0.3) is 0 Å². The molecular formula is C21H26BrNO3. The Morgan fingerprint density at radius 3 is 2.50 bits per heavy atom. The van der Waals surface area contributed by atoms with Crippen molar-refractivity contribution < 1.29 is 14.6 Å². The van der Waals surface area contributed by atoms with Crippen molar-refractivity contribution in [2.45, 2.75) is 32.8 Å². The van der Waals surface area contributed by atoms with Crippen LogP contribution in [0, 0.1) is 6.92 Å². The van der Waals surface area contributed by atoms with E-state index >= 15 is 0 Å². The molecule has 140 valence electrons. The van der Waals surface area contributed by atoms with Gasteiger partial charge in [0, 0.05) is 13.0 Å². The standard InChI is InChI=1S/C21H26BrNO3/c1-4-23(14-19(24)17-9-5-15(2)6-10-17)21(25)12-8-16-7-11-20(26-3)18(22)13-16/h5-7,9-11,13,19,24H,4,8,12,14H2,1-3H3. The third kappa shape index (κ3) is 5.58. The van der Waals surface area contributed by atoms with E-state index in [0.29, 0.717) is 25.9 Å². The molecule has 0 aliphatic rings. The van der Waals surface area contributed by atoms with Crippen LogP contribution in [-0.2, 0) is 11.2 Å². The third-order valence-corrected chi connectivity index (χ3v) is 5.05. The molecule has 5 heteroatoms. The monoisotopic (exact) mass is 419 g/mol. The van der Waals surface area contributed by atoms with E-state index in [1.54, 1.807) is 12.0 Å². The SMILES string of the molecule is CCN(CC(O)c1ccc(C)cc1)C(=O)CCc1ccc(OC)c(Br)c1. The molecule has 0 saturated heterocycles. The lowest BCUT2D eigenvalue weighted by atomic mass is 10.1. The summed E-state index contributed by atoms with van der Waals surface area (Å²) >= 11 is 3.47. The maximum absolute atomic E-state index is 12.6. The Balaban J connectivity index is 1.93. The zero-order chi connectivity index (χ0) is 19.1. The van der Waals surface area contributed by atoms with Gasteiger partial charge in [-0.3, -0.25) is 4.79 Å². The molecular weight excluding hydrogens is 394 g/mol. The summed E-state index contributed by atoms with van der Waals surface area (Å²) < 4.78 is 6.11. The summed E-state index contributed by atoms with van der Waals surface area (Å²) in [6, 6.07) is 13.6. The predicted molar refractivity (Wildman–Crippen MR) is 107 cm³/mol. The van der Waals surface area contributed by atoms with E-state index in [1.807, 2.05) is 56.3 Å². The van der Waals surface area contributed by atoms with Crippen LogP contribution in [0.3, 0.4) is 0 Å². The molecule has 1 amide bonds. The van der Waals surface area contributed by atoms with Crippen LogP contribution in [0.1, 0.15) is 36.1 Å². The predicted octanol–water partition coefficient (Wildman–Crippen LogP) is 4.28. The largest absolute Gasteiger partial charge is 0.496 e. The fraction of sp³-hybridized carbons (Fsp3) is 0.381. The fourth-order valence-corrected chi connectivity index (χ4v) is 3.37. The molecule has 0 saturated carbocycles. The van der Waals surface area contributed by atoms with Gasteiger partial charge in [-0.2, -0.15) is 0 Å². The molecule has 0 aliphatic carbocycles. The van der Waals surface area contributed by atoms with Crippen molar-refractivity contribution in [1.82, 2.24) is 4.90 Å². The van der Waals surface area contributed by atoms with Crippen LogP contribution in [-0.4, -0.2) is 36.1 Å². The topological polar surface area (TPSA) is 49.8 Å². The van der Waals surface area contributed by atoms with Gasteiger partial charge >= 0.3 is 0 Å². The number of carbonyl (C=O) groups is 1. The molecule has 0 aliphatic heterocycles. The second-order valence-corrected chi connectivity index (χ2v) is 7.18. The molecule has 1 N–H and O–H groups in total. The zero-order valence-electron chi connectivity index (χ0n) is 15.5. The van der Waals surface area contributed by atoms with Gasteiger partial charge in [0.2, 0.25) is 5.91 Å². The van der Waals surface area contributed by atoms with E-state index in [1.165, 1.54) is 0 Å². The van der Waals surface area contributed by atoms with E-state index in [4.69, 9.17) is 4.74 Å². The molecule has 0 bridgehead atoms. The van der Waals surface area contributed by atoms with Crippen LogP contribution in [0.2, 0.25) is 0 Å². The van der Waals surface area contributed by atoms with Gasteiger partial charge in [-0.05, 0) is 59.5 Å². The van der Waals surface area contributed by atoms with Gasteiger partial charge in [-0.1, -0.05) is 35.9 Å². The van der Waals surface area contributed by atoms with Crippen LogP contribution in [0.15, 0.2) is 46.9 Å². The van der Waals surface area contributed by atoms with E-state index in [9.17, 15) is 9.90 Å². The molecule has 0 radical (unpaired) electrons. The van der Waals surface area contributed by atoms with Crippen molar-refractivity contribution in [2.24, 2.45) is 0 Å². The molecule has 0 spiro atoms. The summed E-state index contributed by atoms with van der Waals surface area (Å²) in [6.45, 7) is 4.83. The van der Waals surface area contributed by atoms with Crippen molar-refractivity contribution in [3.8, 4) is 5.75 Å². The number of aryl methyl sites for hydroxylation is 2. The number of hydrogen-bond acceptors (Lipinski definition) is 3. The summed E-state index contributed by atoms with van der Waals surface area (Å²) in [6.07, 6.45) is 0.390. The van der Waals surface area contributed by atoms with Gasteiger partial charge in [0.05, 0.1) is 24.2 Å². The second kappa shape index (κ2) is 9.74. The van der Waals surface area contributed by atoms with Crippen LogP contribution < -0.4 is 4.74 Å². The Hall–Kier alpha value is -1.85. The van der Waals surface area contributed by atoms with Gasteiger partial charge < -0.3 is 14.7 Å². The Morgan fingerprint density at radius 2 is 1.92 bits per heavy atom. The molecule has 1 atom stereocenters. The van der Waals surface area contributed by atoms with Crippen LogP contribution >= 0.6 is 15.9 Å². The average Bonchev–Trinajstić information content (AvgIpc) is 2.64. The maximum atomic E-state index is 12.6. The highest BCUT2D eigenvalue weighted by molar-refractivity contribution is 9.10. The minimum absolute atomic E-state index is 0.0469. The number of aliphatic hydroxyl groups is 1. The van der Waals surface area contributed by atoms with Crippen molar-refractivity contribution in [1.29, 1.82) is 0 Å². The Bertz CT molecular complexity index is 731. The van der Waals surface area contributed by atoms with Crippen molar-refractivity contribution in [2.75, 3.05) is 20.2 Å². The summed E-state index contributed by atoms with van der Waals surface area (Å²) in [5.74, 6) is 0.821. The number of benzene rings is 2. The molecule has 2 rings (SSSR count). The number of ether oxygens (including phenoxy) is 1. The van der Waals surface area contributed by atoms with E-state index < -0.39 is 6.10 Å². The second-order valence-electron chi connectivity index (χ2n) is 6.33. The number of rotatable bonds is 8. The maximum Gasteiger partial charge on any atom is 0.222 e. The molecule has 4 nitrogen and oxygen atoms in total. The number of likely N-dealkylation sites (N-methyl/N-ethyl adjacent to an activating group) is 1. The van der Waals surface area contributed by atoms with Gasteiger partial charge in [0.15, 0.2) is 0 Å². The summed E-state index contributed by atoms with van der Waals surface area (Å²) in [4.78, 5) is 14.3. The van der Waals surface area contributed by atoms with Crippen molar-refractivity contribution >= 4 is 21.8 Å². The number of hydrogen-bond donors (Lipinski definition) is 1. The number of aliphatic hydroxyl groups excluding tert-OH is 1. The zero-order valence-corrected chi connectivity index (χ0v) is 17.1. The lowest BCUT2D eigenvalue weighted by Crippen LogP contribution is -2.34. The summed E-state index contributed by atoms with van der Waals surface area (Å²) in [5, 5.41) is 10.4.